The maximum atomic E-state index is 11.1. The zero-order chi connectivity index (χ0) is 15.9. The molecule has 6 nitrogen and oxygen atoms in total. The van der Waals surface area contributed by atoms with E-state index in [9.17, 15) is 15.2 Å². The SMILES string of the molecule is CNc1ccc(CN[C@H](CO)c2ccccc2)cc1[N+](=O)[O-]. The van der Waals surface area contributed by atoms with Gasteiger partial charge in [-0.3, -0.25) is 10.1 Å². The van der Waals surface area contributed by atoms with Gasteiger partial charge in [-0.25, -0.2) is 0 Å². The average Bonchev–Trinajstić information content (AvgIpc) is 2.56. The molecule has 0 saturated carbocycles. The molecule has 0 heterocycles. The number of nitrogens with one attached hydrogen (secondary N) is 2. The molecule has 0 amide bonds. The lowest BCUT2D eigenvalue weighted by atomic mass is 10.1. The average molecular weight is 301 g/mol. The second-order valence-corrected chi connectivity index (χ2v) is 4.89. The summed E-state index contributed by atoms with van der Waals surface area (Å²) >= 11 is 0. The Morgan fingerprint density at radius 2 is 1.95 bits per heavy atom. The van der Waals surface area contributed by atoms with E-state index in [0.29, 0.717) is 12.2 Å². The van der Waals surface area contributed by atoms with Crippen molar-refractivity contribution in [2.24, 2.45) is 0 Å². The van der Waals surface area contributed by atoms with Crippen molar-refractivity contribution in [3.63, 3.8) is 0 Å². The molecule has 0 unspecified atom stereocenters. The summed E-state index contributed by atoms with van der Waals surface area (Å²) in [5.41, 5.74) is 2.30. The van der Waals surface area contributed by atoms with Gasteiger partial charge >= 0.3 is 0 Å². The maximum absolute atomic E-state index is 11.1. The first-order valence-corrected chi connectivity index (χ1v) is 7.00. The molecule has 0 aliphatic heterocycles. The predicted octanol–water partition coefficient (Wildman–Crippen LogP) is 2.46. The van der Waals surface area contributed by atoms with E-state index in [-0.39, 0.29) is 18.3 Å². The van der Waals surface area contributed by atoms with Crippen LogP contribution in [0.25, 0.3) is 0 Å². The number of rotatable bonds is 7. The highest BCUT2D eigenvalue weighted by Gasteiger charge is 2.14. The molecule has 0 fully saturated rings. The van der Waals surface area contributed by atoms with Crippen molar-refractivity contribution in [2.45, 2.75) is 12.6 Å². The Kier molecular flexibility index (Phi) is 5.46. The highest BCUT2D eigenvalue weighted by atomic mass is 16.6. The van der Waals surface area contributed by atoms with Crippen LogP contribution in [-0.4, -0.2) is 23.7 Å². The Labute approximate surface area is 128 Å². The second-order valence-electron chi connectivity index (χ2n) is 4.89. The molecule has 1 atom stereocenters. The van der Waals surface area contributed by atoms with Gasteiger partial charge in [0.1, 0.15) is 5.69 Å². The van der Waals surface area contributed by atoms with Crippen LogP contribution in [0.2, 0.25) is 0 Å². The fourth-order valence-electron chi connectivity index (χ4n) is 2.26. The smallest absolute Gasteiger partial charge is 0.292 e. The molecular weight excluding hydrogens is 282 g/mol. The molecule has 0 spiro atoms. The van der Waals surface area contributed by atoms with Crippen molar-refractivity contribution >= 4 is 11.4 Å². The quantitative estimate of drug-likeness (QED) is 0.540. The molecule has 2 aromatic carbocycles. The van der Waals surface area contributed by atoms with E-state index in [2.05, 4.69) is 10.6 Å². The number of hydrogen-bond donors (Lipinski definition) is 3. The predicted molar refractivity (Wildman–Crippen MR) is 85.8 cm³/mol. The number of benzene rings is 2. The normalized spacial score (nSPS) is 11.9. The van der Waals surface area contributed by atoms with E-state index in [1.165, 1.54) is 6.07 Å². The van der Waals surface area contributed by atoms with E-state index >= 15 is 0 Å². The molecule has 116 valence electrons. The molecule has 0 radical (unpaired) electrons. The number of aliphatic hydroxyl groups is 1. The summed E-state index contributed by atoms with van der Waals surface area (Å²) in [5.74, 6) is 0. The molecule has 2 aromatic rings. The van der Waals surface area contributed by atoms with Crippen molar-refractivity contribution in [1.29, 1.82) is 0 Å². The minimum Gasteiger partial charge on any atom is -0.394 e. The highest BCUT2D eigenvalue weighted by molar-refractivity contribution is 5.62. The first kappa shape index (κ1) is 15.9. The second kappa shape index (κ2) is 7.53. The number of aliphatic hydroxyl groups excluding tert-OH is 1. The molecule has 0 aromatic heterocycles. The van der Waals surface area contributed by atoms with Crippen LogP contribution in [0.1, 0.15) is 17.2 Å². The number of hydrogen-bond acceptors (Lipinski definition) is 5. The summed E-state index contributed by atoms with van der Waals surface area (Å²) in [7, 11) is 1.65. The van der Waals surface area contributed by atoms with Crippen LogP contribution in [0.3, 0.4) is 0 Å². The minimum absolute atomic E-state index is 0.0410. The summed E-state index contributed by atoms with van der Waals surface area (Å²) < 4.78 is 0. The van der Waals surface area contributed by atoms with Gasteiger partial charge in [-0.05, 0) is 17.2 Å². The lowest BCUT2D eigenvalue weighted by Crippen LogP contribution is -2.24. The number of anilines is 1. The van der Waals surface area contributed by atoms with E-state index in [4.69, 9.17) is 0 Å². The third-order valence-electron chi connectivity index (χ3n) is 3.47. The molecular formula is C16H19N3O3. The molecule has 0 bridgehead atoms. The number of nitro groups is 1. The third-order valence-corrected chi connectivity index (χ3v) is 3.47. The molecule has 0 saturated heterocycles. The fraction of sp³-hybridized carbons (Fsp3) is 0.250. The maximum Gasteiger partial charge on any atom is 0.292 e. The van der Waals surface area contributed by atoms with Crippen LogP contribution in [0.4, 0.5) is 11.4 Å². The van der Waals surface area contributed by atoms with Gasteiger partial charge in [-0.2, -0.15) is 0 Å². The lowest BCUT2D eigenvalue weighted by molar-refractivity contribution is -0.384. The van der Waals surface area contributed by atoms with E-state index < -0.39 is 4.92 Å². The van der Waals surface area contributed by atoms with Gasteiger partial charge in [0.05, 0.1) is 17.6 Å². The van der Waals surface area contributed by atoms with Gasteiger partial charge in [0, 0.05) is 19.7 Å². The fourth-order valence-corrected chi connectivity index (χ4v) is 2.26. The van der Waals surface area contributed by atoms with Gasteiger partial charge in [0.2, 0.25) is 0 Å². The Morgan fingerprint density at radius 1 is 1.23 bits per heavy atom. The summed E-state index contributed by atoms with van der Waals surface area (Å²) in [6, 6.07) is 14.4. The van der Waals surface area contributed by atoms with Crippen molar-refractivity contribution in [3.05, 3.63) is 69.8 Å². The third kappa shape index (κ3) is 3.81. The first-order valence-electron chi connectivity index (χ1n) is 7.00. The van der Waals surface area contributed by atoms with Crippen LogP contribution in [0.15, 0.2) is 48.5 Å². The summed E-state index contributed by atoms with van der Waals surface area (Å²) in [4.78, 5) is 10.6. The molecule has 2 rings (SSSR count). The zero-order valence-corrected chi connectivity index (χ0v) is 12.3. The number of nitrogens with zero attached hydrogens (tertiary/aromatic N) is 1. The molecule has 6 heteroatoms. The van der Waals surface area contributed by atoms with E-state index in [1.54, 1.807) is 13.1 Å². The molecule has 22 heavy (non-hydrogen) atoms. The van der Waals surface area contributed by atoms with E-state index in [1.807, 2.05) is 36.4 Å². The summed E-state index contributed by atoms with van der Waals surface area (Å²) in [6.07, 6.45) is 0. The Hall–Kier alpha value is -2.44. The molecule has 0 aliphatic carbocycles. The molecule has 0 aliphatic rings. The Balaban J connectivity index is 2.10. The Bertz CT molecular complexity index is 632. The van der Waals surface area contributed by atoms with Gasteiger partial charge in [-0.1, -0.05) is 36.4 Å². The highest BCUT2D eigenvalue weighted by Crippen LogP contribution is 2.25. The summed E-state index contributed by atoms with van der Waals surface area (Å²) in [5, 5.41) is 26.6. The van der Waals surface area contributed by atoms with Gasteiger partial charge in [-0.15, -0.1) is 0 Å². The largest absolute Gasteiger partial charge is 0.394 e. The Morgan fingerprint density at radius 3 is 2.55 bits per heavy atom. The van der Waals surface area contributed by atoms with E-state index in [0.717, 1.165) is 11.1 Å². The van der Waals surface area contributed by atoms with Gasteiger partial charge in [0.15, 0.2) is 0 Å². The van der Waals surface area contributed by atoms with Crippen LogP contribution >= 0.6 is 0 Å². The topological polar surface area (TPSA) is 87.4 Å². The van der Waals surface area contributed by atoms with Crippen molar-refractivity contribution < 1.29 is 10.0 Å². The minimum atomic E-state index is -0.407. The van der Waals surface area contributed by atoms with Crippen LogP contribution in [0.5, 0.6) is 0 Å². The lowest BCUT2D eigenvalue weighted by Gasteiger charge is -2.17. The molecule has 3 N–H and O–H groups in total. The monoisotopic (exact) mass is 301 g/mol. The zero-order valence-electron chi connectivity index (χ0n) is 12.3. The first-order chi connectivity index (χ1) is 10.7. The van der Waals surface area contributed by atoms with Crippen molar-refractivity contribution in [2.75, 3.05) is 19.0 Å². The van der Waals surface area contributed by atoms with Crippen molar-refractivity contribution in [3.8, 4) is 0 Å². The van der Waals surface area contributed by atoms with Crippen molar-refractivity contribution in [1.82, 2.24) is 5.32 Å². The van der Waals surface area contributed by atoms with Crippen LogP contribution in [-0.2, 0) is 6.54 Å². The van der Waals surface area contributed by atoms with Gasteiger partial charge < -0.3 is 15.7 Å². The van der Waals surface area contributed by atoms with Crippen LogP contribution < -0.4 is 10.6 Å². The van der Waals surface area contributed by atoms with Gasteiger partial charge in [0.25, 0.3) is 5.69 Å². The standard InChI is InChI=1S/C16H19N3O3/c1-17-14-8-7-12(9-16(14)19(21)22)10-18-15(11-20)13-5-3-2-4-6-13/h2-9,15,17-18,20H,10-11H2,1H3/t15-/m1/s1. The van der Waals surface area contributed by atoms with Crippen LogP contribution in [0, 0.1) is 10.1 Å². The summed E-state index contributed by atoms with van der Waals surface area (Å²) in [6.45, 7) is 0.395. The number of nitro benzene ring substituents is 1.